The third-order valence-corrected chi connectivity index (χ3v) is 6.30. The maximum absolute atomic E-state index is 13.3. The predicted molar refractivity (Wildman–Crippen MR) is 140 cm³/mol. The zero-order valence-electron chi connectivity index (χ0n) is 20.6. The molecule has 1 aliphatic heterocycles. The Labute approximate surface area is 210 Å². The highest BCUT2D eigenvalue weighted by atomic mass is 16.5. The number of allylic oxidation sites excluding steroid dienone is 1. The first-order valence-corrected chi connectivity index (χ1v) is 12.1. The molecule has 1 aliphatic rings. The second-order valence-electron chi connectivity index (χ2n) is 8.53. The number of ether oxygens (including phenoxy) is 1. The Morgan fingerprint density at radius 2 is 1.69 bits per heavy atom. The van der Waals surface area contributed by atoms with Crippen LogP contribution >= 0.6 is 0 Å². The number of benzene rings is 3. The number of hydrogen-bond donors (Lipinski definition) is 1. The lowest BCUT2D eigenvalue weighted by atomic mass is 9.93. The second-order valence-corrected chi connectivity index (χ2v) is 8.53. The van der Waals surface area contributed by atoms with Gasteiger partial charge in [0.15, 0.2) is 0 Å². The fourth-order valence-corrected chi connectivity index (χ4v) is 4.42. The second kappa shape index (κ2) is 10.1. The summed E-state index contributed by atoms with van der Waals surface area (Å²) in [7, 11) is 0. The lowest BCUT2D eigenvalue weighted by Gasteiger charge is -2.35. The van der Waals surface area contributed by atoms with Crippen molar-refractivity contribution in [3.8, 4) is 17.1 Å². The van der Waals surface area contributed by atoms with Crippen LogP contribution < -0.4 is 15.0 Å². The molecule has 2 amide bonds. The van der Waals surface area contributed by atoms with Crippen LogP contribution in [0.4, 0.5) is 10.5 Å². The van der Waals surface area contributed by atoms with Crippen LogP contribution in [-0.4, -0.2) is 22.8 Å². The standard InChI is InChI=1S/C29H28N4O3/c1-4-20-11-13-21(14-12-20)26-25(19(3)33(29(34)30-26)23-9-7-6-8-10-23)28-31-27(32-36-28)22-15-17-24(18-16-22)35-5-2/h6-18,26H,4-5H2,1-3H3,(H,30,34). The van der Waals surface area contributed by atoms with E-state index in [1.165, 1.54) is 5.56 Å². The van der Waals surface area contributed by atoms with Crippen LogP contribution in [-0.2, 0) is 6.42 Å². The summed E-state index contributed by atoms with van der Waals surface area (Å²) in [6.45, 7) is 6.58. The van der Waals surface area contributed by atoms with Gasteiger partial charge in [0.05, 0.1) is 23.9 Å². The molecule has 0 saturated heterocycles. The molecule has 0 spiro atoms. The molecule has 4 aromatic rings. The number of rotatable bonds is 7. The van der Waals surface area contributed by atoms with Gasteiger partial charge in [0.2, 0.25) is 5.82 Å². The third-order valence-electron chi connectivity index (χ3n) is 6.30. The minimum atomic E-state index is -0.433. The molecule has 0 radical (unpaired) electrons. The van der Waals surface area contributed by atoms with Gasteiger partial charge in [0.25, 0.3) is 5.89 Å². The summed E-state index contributed by atoms with van der Waals surface area (Å²) < 4.78 is 11.3. The molecule has 0 fully saturated rings. The van der Waals surface area contributed by atoms with Crippen LogP contribution in [0.2, 0.25) is 0 Å². The van der Waals surface area contributed by atoms with E-state index in [2.05, 4.69) is 29.5 Å². The van der Waals surface area contributed by atoms with E-state index in [0.29, 0.717) is 18.3 Å². The number of para-hydroxylation sites is 1. The Morgan fingerprint density at radius 1 is 0.972 bits per heavy atom. The van der Waals surface area contributed by atoms with Crippen LogP contribution in [0.5, 0.6) is 5.75 Å². The topological polar surface area (TPSA) is 80.5 Å². The molecule has 182 valence electrons. The molecule has 0 saturated carbocycles. The Balaban J connectivity index is 1.59. The van der Waals surface area contributed by atoms with Crippen molar-refractivity contribution >= 4 is 17.3 Å². The number of anilines is 1. The van der Waals surface area contributed by atoms with Gasteiger partial charge in [-0.15, -0.1) is 0 Å². The lowest BCUT2D eigenvalue weighted by molar-refractivity contribution is 0.244. The van der Waals surface area contributed by atoms with Crippen molar-refractivity contribution in [2.24, 2.45) is 0 Å². The van der Waals surface area contributed by atoms with Crippen molar-refractivity contribution in [1.29, 1.82) is 0 Å². The van der Waals surface area contributed by atoms with Gasteiger partial charge in [-0.1, -0.05) is 54.5 Å². The smallest absolute Gasteiger partial charge is 0.326 e. The summed E-state index contributed by atoms with van der Waals surface area (Å²) in [6, 6.07) is 24.7. The average Bonchev–Trinajstić information content (AvgIpc) is 3.39. The molecule has 5 rings (SSSR count). The van der Waals surface area contributed by atoms with E-state index in [0.717, 1.165) is 40.3 Å². The van der Waals surface area contributed by atoms with Crippen LogP contribution in [0.3, 0.4) is 0 Å². The van der Waals surface area contributed by atoms with E-state index in [9.17, 15) is 4.79 Å². The molecule has 7 nitrogen and oxygen atoms in total. The fourth-order valence-electron chi connectivity index (χ4n) is 4.42. The molecular weight excluding hydrogens is 452 g/mol. The SMILES string of the molecule is CCOc1ccc(-c2noc(C3=C(C)N(c4ccccc4)C(=O)NC3c3ccc(CC)cc3)n2)cc1. The highest BCUT2D eigenvalue weighted by molar-refractivity contribution is 6.01. The van der Waals surface area contributed by atoms with E-state index >= 15 is 0 Å². The monoisotopic (exact) mass is 480 g/mol. The van der Waals surface area contributed by atoms with E-state index in [1.54, 1.807) is 4.90 Å². The molecule has 7 heteroatoms. The predicted octanol–water partition coefficient (Wildman–Crippen LogP) is 6.40. The third kappa shape index (κ3) is 4.47. The molecule has 0 bridgehead atoms. The van der Waals surface area contributed by atoms with E-state index < -0.39 is 6.04 Å². The Kier molecular flexibility index (Phi) is 6.54. The van der Waals surface area contributed by atoms with Crippen LogP contribution in [0.15, 0.2) is 89.1 Å². The molecule has 2 heterocycles. The molecule has 1 atom stereocenters. The van der Waals surface area contributed by atoms with Gasteiger partial charge < -0.3 is 14.6 Å². The van der Waals surface area contributed by atoms with Crippen molar-refractivity contribution in [3.05, 3.63) is 102 Å². The highest BCUT2D eigenvalue weighted by Gasteiger charge is 2.36. The van der Waals surface area contributed by atoms with Crippen LogP contribution in [0.25, 0.3) is 17.0 Å². The number of aryl methyl sites for hydroxylation is 1. The van der Waals surface area contributed by atoms with Crippen molar-refractivity contribution < 1.29 is 14.1 Å². The molecule has 1 N–H and O–H groups in total. The summed E-state index contributed by atoms with van der Waals surface area (Å²) in [6.07, 6.45) is 0.940. The zero-order chi connectivity index (χ0) is 25.1. The summed E-state index contributed by atoms with van der Waals surface area (Å²) in [5.74, 6) is 1.62. The number of nitrogens with zero attached hydrogens (tertiary/aromatic N) is 3. The normalized spacial score (nSPS) is 15.7. The van der Waals surface area contributed by atoms with Gasteiger partial charge in [0, 0.05) is 11.3 Å². The van der Waals surface area contributed by atoms with Gasteiger partial charge in [-0.05, 0) is 67.8 Å². The van der Waals surface area contributed by atoms with Crippen molar-refractivity contribution in [1.82, 2.24) is 15.5 Å². The Hall–Kier alpha value is -4.39. The van der Waals surface area contributed by atoms with E-state index in [-0.39, 0.29) is 6.03 Å². The van der Waals surface area contributed by atoms with Crippen LogP contribution in [0.1, 0.15) is 43.8 Å². The first-order chi connectivity index (χ1) is 17.6. The fraction of sp³-hybridized carbons (Fsp3) is 0.207. The largest absolute Gasteiger partial charge is 0.494 e. The zero-order valence-corrected chi connectivity index (χ0v) is 20.6. The number of urea groups is 1. The average molecular weight is 481 g/mol. The Morgan fingerprint density at radius 3 is 2.36 bits per heavy atom. The van der Waals surface area contributed by atoms with Gasteiger partial charge in [-0.3, -0.25) is 4.90 Å². The summed E-state index contributed by atoms with van der Waals surface area (Å²) >= 11 is 0. The quantitative estimate of drug-likeness (QED) is 0.331. The van der Waals surface area contributed by atoms with Gasteiger partial charge in [-0.2, -0.15) is 4.98 Å². The van der Waals surface area contributed by atoms with E-state index in [1.807, 2.05) is 80.6 Å². The minimum absolute atomic E-state index is 0.210. The summed E-state index contributed by atoms with van der Waals surface area (Å²) in [4.78, 5) is 19.7. The molecular formula is C29H28N4O3. The first kappa shape index (κ1) is 23.4. The van der Waals surface area contributed by atoms with Crippen molar-refractivity contribution in [3.63, 3.8) is 0 Å². The number of amides is 2. The number of hydrogen-bond acceptors (Lipinski definition) is 5. The summed E-state index contributed by atoms with van der Waals surface area (Å²) in [5, 5.41) is 7.40. The molecule has 3 aromatic carbocycles. The number of carbonyl (C=O) groups excluding carboxylic acids is 1. The van der Waals surface area contributed by atoms with Crippen molar-refractivity contribution in [2.45, 2.75) is 33.2 Å². The first-order valence-electron chi connectivity index (χ1n) is 12.1. The number of nitrogens with one attached hydrogen (secondary N) is 1. The minimum Gasteiger partial charge on any atom is -0.494 e. The molecule has 1 aromatic heterocycles. The number of carbonyl (C=O) groups is 1. The van der Waals surface area contributed by atoms with Gasteiger partial charge in [0.1, 0.15) is 5.75 Å². The van der Waals surface area contributed by atoms with Gasteiger partial charge >= 0.3 is 6.03 Å². The van der Waals surface area contributed by atoms with Crippen LogP contribution in [0, 0.1) is 0 Å². The lowest BCUT2D eigenvalue weighted by Crippen LogP contribution is -2.46. The number of aromatic nitrogens is 2. The molecule has 36 heavy (non-hydrogen) atoms. The van der Waals surface area contributed by atoms with Gasteiger partial charge in [-0.25, -0.2) is 4.79 Å². The maximum Gasteiger partial charge on any atom is 0.326 e. The maximum atomic E-state index is 13.3. The Bertz CT molecular complexity index is 1380. The molecule has 0 aliphatic carbocycles. The molecule has 1 unspecified atom stereocenters. The van der Waals surface area contributed by atoms with Crippen molar-refractivity contribution in [2.75, 3.05) is 11.5 Å². The van der Waals surface area contributed by atoms with E-state index in [4.69, 9.17) is 14.2 Å². The summed E-state index contributed by atoms with van der Waals surface area (Å²) in [5.41, 5.74) is 5.24. The highest BCUT2D eigenvalue weighted by Crippen LogP contribution is 2.39.